The quantitative estimate of drug-likeness (QED) is 0.453. The molecule has 1 aliphatic carbocycles. The van der Waals surface area contributed by atoms with Crippen molar-refractivity contribution in [1.82, 2.24) is 15.5 Å². The van der Waals surface area contributed by atoms with Crippen LogP contribution in [0.5, 0.6) is 0 Å². The van der Waals surface area contributed by atoms with Gasteiger partial charge in [-0.15, -0.1) is 0 Å². The van der Waals surface area contributed by atoms with E-state index in [1.165, 1.54) is 0 Å². The van der Waals surface area contributed by atoms with E-state index in [2.05, 4.69) is 27.4 Å². The van der Waals surface area contributed by atoms with Crippen molar-refractivity contribution in [3.63, 3.8) is 0 Å². The fraction of sp³-hybridized carbons (Fsp3) is 0.900. The van der Waals surface area contributed by atoms with Crippen LogP contribution in [0.1, 0.15) is 59.3 Å². The molecule has 0 aromatic rings. The van der Waals surface area contributed by atoms with Crippen molar-refractivity contribution >= 4 is 23.6 Å². The number of thioether (sulfide) groups is 1. The molecule has 0 radical (unpaired) electrons. The van der Waals surface area contributed by atoms with E-state index >= 15 is 0 Å². The standard InChI is InChI=1S/C20H38N4O2S/c1-4-20(26,5-2)15-22-19(21-6-3)23-17-9-7-16(8-10-17)18(25)24-11-13-27-14-12-24/h16-17,26H,4-15H2,1-3H3,(H2,21,22,23). The van der Waals surface area contributed by atoms with E-state index in [1.807, 2.05) is 25.6 Å². The van der Waals surface area contributed by atoms with Gasteiger partial charge in [0.15, 0.2) is 5.96 Å². The third kappa shape index (κ3) is 6.86. The molecule has 2 rings (SSSR count). The van der Waals surface area contributed by atoms with Gasteiger partial charge in [0.25, 0.3) is 0 Å². The summed E-state index contributed by atoms with van der Waals surface area (Å²) < 4.78 is 0. The van der Waals surface area contributed by atoms with E-state index in [-0.39, 0.29) is 5.92 Å². The van der Waals surface area contributed by atoms with Crippen molar-refractivity contribution in [3.05, 3.63) is 0 Å². The number of amides is 1. The number of nitrogens with zero attached hydrogens (tertiary/aromatic N) is 2. The smallest absolute Gasteiger partial charge is 0.225 e. The normalized spacial score (nSPS) is 24.6. The predicted molar refractivity (Wildman–Crippen MR) is 114 cm³/mol. The summed E-state index contributed by atoms with van der Waals surface area (Å²) in [5.41, 5.74) is -0.723. The first kappa shape index (κ1) is 22.3. The van der Waals surface area contributed by atoms with Gasteiger partial charge in [-0.1, -0.05) is 13.8 Å². The van der Waals surface area contributed by atoms with Gasteiger partial charge >= 0.3 is 0 Å². The van der Waals surface area contributed by atoms with E-state index in [9.17, 15) is 9.90 Å². The highest BCUT2D eigenvalue weighted by Gasteiger charge is 2.30. The highest BCUT2D eigenvalue weighted by molar-refractivity contribution is 7.99. The Balaban J connectivity index is 1.83. The Morgan fingerprint density at radius 2 is 1.78 bits per heavy atom. The van der Waals surface area contributed by atoms with Crippen LogP contribution < -0.4 is 10.6 Å². The van der Waals surface area contributed by atoms with Crippen LogP contribution in [0.3, 0.4) is 0 Å². The maximum Gasteiger partial charge on any atom is 0.225 e. The minimum atomic E-state index is -0.723. The molecule has 1 saturated heterocycles. The van der Waals surface area contributed by atoms with Crippen molar-refractivity contribution < 1.29 is 9.90 Å². The number of guanidine groups is 1. The average molecular weight is 399 g/mol. The summed E-state index contributed by atoms with van der Waals surface area (Å²) in [4.78, 5) is 19.4. The molecular formula is C20H38N4O2S. The molecule has 1 saturated carbocycles. The van der Waals surface area contributed by atoms with Gasteiger partial charge in [-0.25, -0.2) is 0 Å². The summed E-state index contributed by atoms with van der Waals surface area (Å²) in [6.07, 6.45) is 5.30. The number of aliphatic imine (C=N–C) groups is 1. The fourth-order valence-corrected chi connectivity index (χ4v) is 4.64. The lowest BCUT2D eigenvalue weighted by molar-refractivity contribution is -0.136. The molecule has 1 amide bonds. The van der Waals surface area contributed by atoms with E-state index in [0.717, 1.165) is 62.8 Å². The van der Waals surface area contributed by atoms with Gasteiger partial charge in [-0.3, -0.25) is 9.79 Å². The number of rotatable bonds is 7. The molecule has 2 fully saturated rings. The van der Waals surface area contributed by atoms with Crippen LogP contribution in [-0.4, -0.2) is 71.2 Å². The molecule has 0 bridgehead atoms. The molecule has 3 N–H and O–H groups in total. The molecule has 0 spiro atoms. The van der Waals surface area contributed by atoms with Crippen molar-refractivity contribution in [3.8, 4) is 0 Å². The Kier molecular flexibility index (Phi) is 9.22. The van der Waals surface area contributed by atoms with E-state index < -0.39 is 5.60 Å². The van der Waals surface area contributed by atoms with Crippen LogP contribution in [0, 0.1) is 5.92 Å². The lowest BCUT2D eigenvalue weighted by Gasteiger charge is -2.34. The molecule has 0 aromatic heterocycles. The zero-order valence-electron chi connectivity index (χ0n) is 17.3. The van der Waals surface area contributed by atoms with Crippen molar-refractivity contribution in [2.24, 2.45) is 10.9 Å². The first-order valence-corrected chi connectivity index (χ1v) is 11.8. The van der Waals surface area contributed by atoms with Gasteiger partial charge < -0.3 is 20.6 Å². The number of carbonyl (C=O) groups is 1. The molecule has 0 aromatic carbocycles. The van der Waals surface area contributed by atoms with E-state index in [0.29, 0.717) is 31.3 Å². The van der Waals surface area contributed by atoms with E-state index in [1.54, 1.807) is 0 Å². The minimum absolute atomic E-state index is 0.191. The minimum Gasteiger partial charge on any atom is -0.388 e. The summed E-state index contributed by atoms with van der Waals surface area (Å²) in [6.45, 7) is 9.08. The molecule has 27 heavy (non-hydrogen) atoms. The second-order valence-electron chi connectivity index (χ2n) is 7.76. The number of carbonyl (C=O) groups excluding carboxylic acids is 1. The number of nitrogens with one attached hydrogen (secondary N) is 2. The summed E-state index contributed by atoms with van der Waals surface area (Å²) in [7, 11) is 0. The fourth-order valence-electron chi connectivity index (χ4n) is 3.74. The summed E-state index contributed by atoms with van der Waals surface area (Å²) in [5.74, 6) is 3.49. The van der Waals surface area contributed by atoms with Crippen LogP contribution in [-0.2, 0) is 4.79 Å². The van der Waals surface area contributed by atoms with Gasteiger partial charge in [0.1, 0.15) is 0 Å². The predicted octanol–water partition coefficient (Wildman–Crippen LogP) is 2.23. The largest absolute Gasteiger partial charge is 0.388 e. The van der Waals surface area contributed by atoms with Gasteiger partial charge in [0.2, 0.25) is 5.91 Å². The number of hydrogen-bond donors (Lipinski definition) is 3. The van der Waals surface area contributed by atoms with Crippen molar-refractivity contribution in [2.45, 2.75) is 70.9 Å². The molecule has 2 aliphatic rings. The maximum atomic E-state index is 12.7. The third-order valence-electron chi connectivity index (χ3n) is 5.93. The summed E-state index contributed by atoms with van der Waals surface area (Å²) in [6, 6.07) is 0.347. The van der Waals surface area contributed by atoms with Crippen molar-refractivity contribution in [2.75, 3.05) is 37.7 Å². The van der Waals surface area contributed by atoms with Crippen LogP contribution in [0.25, 0.3) is 0 Å². The highest BCUT2D eigenvalue weighted by atomic mass is 32.2. The number of aliphatic hydroxyl groups is 1. The summed E-state index contributed by atoms with van der Waals surface area (Å²) >= 11 is 1.94. The Labute approximate surface area is 168 Å². The monoisotopic (exact) mass is 398 g/mol. The zero-order valence-corrected chi connectivity index (χ0v) is 18.1. The zero-order chi connectivity index (χ0) is 19.7. The molecule has 1 heterocycles. The molecule has 1 aliphatic heterocycles. The topological polar surface area (TPSA) is 77.0 Å². The third-order valence-corrected chi connectivity index (χ3v) is 6.87. The Hall–Kier alpha value is -0.950. The molecule has 6 nitrogen and oxygen atoms in total. The maximum absolute atomic E-state index is 12.7. The lowest BCUT2D eigenvalue weighted by atomic mass is 9.85. The van der Waals surface area contributed by atoms with Gasteiger partial charge in [0, 0.05) is 43.1 Å². The van der Waals surface area contributed by atoms with Crippen LogP contribution >= 0.6 is 11.8 Å². The molecule has 0 atom stereocenters. The van der Waals surface area contributed by atoms with E-state index in [4.69, 9.17) is 0 Å². The van der Waals surface area contributed by atoms with Gasteiger partial charge in [-0.05, 0) is 45.4 Å². The second kappa shape index (κ2) is 11.1. The Bertz CT molecular complexity index is 482. The highest BCUT2D eigenvalue weighted by Crippen LogP contribution is 2.27. The molecular weight excluding hydrogens is 360 g/mol. The van der Waals surface area contributed by atoms with Crippen LogP contribution in [0.15, 0.2) is 4.99 Å². The average Bonchev–Trinajstić information content (AvgIpc) is 2.72. The molecule has 156 valence electrons. The first-order chi connectivity index (χ1) is 13.0. The first-order valence-electron chi connectivity index (χ1n) is 10.6. The van der Waals surface area contributed by atoms with Gasteiger partial charge in [0.05, 0.1) is 12.1 Å². The second-order valence-corrected chi connectivity index (χ2v) is 8.98. The summed E-state index contributed by atoms with van der Waals surface area (Å²) in [5, 5.41) is 17.3. The Morgan fingerprint density at radius 1 is 1.15 bits per heavy atom. The SMILES string of the molecule is CCNC(=NCC(O)(CC)CC)NC1CCC(C(=O)N2CCSCC2)CC1. The molecule has 0 unspecified atom stereocenters. The lowest BCUT2D eigenvalue weighted by Crippen LogP contribution is -2.47. The van der Waals surface area contributed by atoms with Crippen molar-refractivity contribution in [1.29, 1.82) is 0 Å². The van der Waals surface area contributed by atoms with Crippen LogP contribution in [0.4, 0.5) is 0 Å². The van der Waals surface area contributed by atoms with Gasteiger partial charge in [-0.2, -0.15) is 11.8 Å². The molecule has 7 heteroatoms. The number of hydrogen-bond acceptors (Lipinski definition) is 4. The van der Waals surface area contributed by atoms with Crippen LogP contribution in [0.2, 0.25) is 0 Å². The Morgan fingerprint density at radius 3 is 2.33 bits per heavy atom.